The summed E-state index contributed by atoms with van der Waals surface area (Å²) >= 11 is 0. The molecule has 5 rings (SSSR count). The summed E-state index contributed by atoms with van der Waals surface area (Å²) in [6.07, 6.45) is 10.1. The van der Waals surface area contributed by atoms with E-state index in [9.17, 15) is 0 Å². The number of aromatic nitrogens is 2. The molecule has 4 saturated carbocycles. The first-order valence-corrected chi connectivity index (χ1v) is 7.43. The second kappa shape index (κ2) is 3.52. The normalized spacial score (nSPS) is 41.5. The summed E-state index contributed by atoms with van der Waals surface area (Å²) < 4.78 is 0. The lowest BCUT2D eigenvalue weighted by Gasteiger charge is -2.57. The molecule has 18 heavy (non-hydrogen) atoms. The molecule has 1 aromatic rings. The van der Waals surface area contributed by atoms with Crippen LogP contribution in [0, 0.1) is 30.1 Å². The Morgan fingerprint density at radius 2 is 1.72 bits per heavy atom. The van der Waals surface area contributed by atoms with Crippen LogP contribution in [0.1, 0.15) is 49.8 Å². The number of aromatic amines is 1. The maximum Gasteiger partial charge on any atom is 0.148 e. The summed E-state index contributed by atoms with van der Waals surface area (Å²) in [5.74, 6) is 3.79. The fraction of sp³-hybridized carbons (Fsp3) is 0.800. The first-order chi connectivity index (χ1) is 8.63. The molecule has 0 saturated heterocycles. The Morgan fingerprint density at radius 3 is 2.17 bits per heavy atom. The van der Waals surface area contributed by atoms with Crippen LogP contribution in [0.4, 0.5) is 5.82 Å². The lowest BCUT2D eigenvalue weighted by atomic mass is 9.48. The molecule has 1 aromatic heterocycles. The summed E-state index contributed by atoms with van der Waals surface area (Å²) in [7, 11) is 0. The highest BCUT2D eigenvalue weighted by Crippen LogP contribution is 2.61. The lowest BCUT2D eigenvalue weighted by Crippen LogP contribution is -2.47. The molecule has 4 aliphatic carbocycles. The standard InChI is InChI=1S/C15H23N3/c1-9-13(14(16)18-17-9)8-15-5-10-2-11(6-15)4-12(3-10)7-15/h10-12H,2-8H2,1H3,(H3,16,17,18). The van der Waals surface area contributed by atoms with Crippen molar-refractivity contribution < 1.29 is 0 Å². The van der Waals surface area contributed by atoms with E-state index >= 15 is 0 Å². The molecule has 0 amide bonds. The quantitative estimate of drug-likeness (QED) is 0.841. The van der Waals surface area contributed by atoms with Gasteiger partial charge in [0.05, 0.1) is 0 Å². The van der Waals surface area contributed by atoms with Crippen molar-refractivity contribution in [2.24, 2.45) is 23.2 Å². The van der Waals surface area contributed by atoms with E-state index in [1.54, 1.807) is 0 Å². The van der Waals surface area contributed by atoms with Crippen LogP contribution in [0.25, 0.3) is 0 Å². The molecule has 3 heteroatoms. The number of rotatable bonds is 2. The van der Waals surface area contributed by atoms with Crippen molar-refractivity contribution in [3.63, 3.8) is 0 Å². The van der Waals surface area contributed by atoms with Crippen molar-refractivity contribution in [2.45, 2.75) is 51.9 Å². The maximum absolute atomic E-state index is 6.03. The Labute approximate surface area is 109 Å². The van der Waals surface area contributed by atoms with Crippen molar-refractivity contribution in [2.75, 3.05) is 5.73 Å². The Balaban J connectivity index is 1.64. The van der Waals surface area contributed by atoms with Crippen LogP contribution in [0.15, 0.2) is 0 Å². The SMILES string of the molecule is Cc1[nH]nc(N)c1CC12CC3CC(CC(C3)C1)C2. The molecule has 0 unspecified atom stereocenters. The van der Waals surface area contributed by atoms with E-state index in [0.717, 1.165) is 23.6 Å². The first kappa shape index (κ1) is 10.9. The lowest BCUT2D eigenvalue weighted by molar-refractivity contribution is -0.0521. The van der Waals surface area contributed by atoms with Gasteiger partial charge in [-0.15, -0.1) is 0 Å². The zero-order valence-electron chi connectivity index (χ0n) is 11.2. The Morgan fingerprint density at radius 1 is 1.17 bits per heavy atom. The Hall–Kier alpha value is -0.990. The number of hydrogen-bond acceptors (Lipinski definition) is 2. The highest BCUT2D eigenvalue weighted by molar-refractivity contribution is 5.42. The van der Waals surface area contributed by atoms with Crippen molar-refractivity contribution in [3.8, 4) is 0 Å². The number of anilines is 1. The molecule has 0 spiro atoms. The van der Waals surface area contributed by atoms with Gasteiger partial charge in [-0.1, -0.05) is 0 Å². The van der Waals surface area contributed by atoms with E-state index in [2.05, 4.69) is 17.1 Å². The van der Waals surface area contributed by atoms with E-state index in [4.69, 9.17) is 5.73 Å². The third-order valence-electron chi connectivity index (χ3n) is 5.82. The van der Waals surface area contributed by atoms with Crippen molar-refractivity contribution in [1.82, 2.24) is 10.2 Å². The zero-order chi connectivity index (χ0) is 12.3. The van der Waals surface area contributed by atoms with Crippen LogP contribution >= 0.6 is 0 Å². The number of nitrogens with two attached hydrogens (primary N) is 1. The summed E-state index contributed by atoms with van der Waals surface area (Å²) in [4.78, 5) is 0. The molecular formula is C15H23N3. The third kappa shape index (κ3) is 1.52. The summed E-state index contributed by atoms with van der Waals surface area (Å²) in [6, 6.07) is 0. The van der Waals surface area contributed by atoms with Crippen LogP contribution < -0.4 is 5.73 Å². The molecule has 0 aromatic carbocycles. The predicted molar refractivity (Wildman–Crippen MR) is 72.0 cm³/mol. The van der Waals surface area contributed by atoms with Gasteiger partial charge in [0.15, 0.2) is 0 Å². The van der Waals surface area contributed by atoms with Gasteiger partial charge in [0.2, 0.25) is 0 Å². The number of nitrogens with zero attached hydrogens (tertiary/aromatic N) is 1. The van der Waals surface area contributed by atoms with Crippen LogP contribution in [0.3, 0.4) is 0 Å². The van der Waals surface area contributed by atoms with Crippen LogP contribution in [-0.4, -0.2) is 10.2 Å². The van der Waals surface area contributed by atoms with Crippen LogP contribution in [0.5, 0.6) is 0 Å². The molecule has 0 radical (unpaired) electrons. The second-order valence-corrected chi connectivity index (χ2v) is 7.31. The molecule has 3 N–H and O–H groups in total. The number of hydrogen-bond donors (Lipinski definition) is 2. The maximum atomic E-state index is 6.03. The van der Waals surface area contributed by atoms with Gasteiger partial charge in [0.1, 0.15) is 5.82 Å². The molecule has 98 valence electrons. The zero-order valence-corrected chi connectivity index (χ0v) is 11.2. The molecule has 0 atom stereocenters. The average Bonchev–Trinajstić information content (AvgIpc) is 2.58. The topological polar surface area (TPSA) is 54.7 Å². The van der Waals surface area contributed by atoms with Gasteiger partial charge >= 0.3 is 0 Å². The Bertz CT molecular complexity index is 419. The molecule has 3 nitrogen and oxygen atoms in total. The van der Waals surface area contributed by atoms with Gasteiger partial charge in [-0.3, -0.25) is 5.10 Å². The summed E-state index contributed by atoms with van der Waals surface area (Å²) in [5.41, 5.74) is 9.08. The van der Waals surface area contributed by atoms with Crippen molar-refractivity contribution in [1.29, 1.82) is 0 Å². The third-order valence-corrected chi connectivity index (χ3v) is 5.82. The minimum absolute atomic E-state index is 0.567. The van der Waals surface area contributed by atoms with Crippen LogP contribution in [0.2, 0.25) is 0 Å². The molecular weight excluding hydrogens is 222 g/mol. The molecule has 0 aliphatic heterocycles. The predicted octanol–water partition coefficient (Wildman–Crippen LogP) is 3.06. The fourth-order valence-corrected chi connectivity index (χ4v) is 5.58. The molecule has 4 bridgehead atoms. The first-order valence-electron chi connectivity index (χ1n) is 7.43. The fourth-order valence-electron chi connectivity index (χ4n) is 5.58. The van der Waals surface area contributed by atoms with Crippen LogP contribution in [-0.2, 0) is 6.42 Å². The molecule has 4 fully saturated rings. The number of aryl methyl sites for hydroxylation is 1. The van der Waals surface area contributed by atoms with E-state index in [-0.39, 0.29) is 0 Å². The minimum atomic E-state index is 0.567. The molecule has 1 heterocycles. The second-order valence-electron chi connectivity index (χ2n) is 7.31. The summed E-state index contributed by atoms with van der Waals surface area (Å²) in [6.45, 7) is 2.11. The number of nitrogen functional groups attached to an aromatic ring is 1. The number of nitrogens with one attached hydrogen (secondary N) is 1. The van der Waals surface area contributed by atoms with Gasteiger partial charge in [0.25, 0.3) is 0 Å². The van der Waals surface area contributed by atoms with Gasteiger partial charge in [-0.05, 0) is 75.0 Å². The monoisotopic (exact) mass is 245 g/mol. The largest absolute Gasteiger partial charge is 0.382 e. The van der Waals surface area contributed by atoms with Gasteiger partial charge < -0.3 is 5.73 Å². The van der Waals surface area contributed by atoms with E-state index in [1.807, 2.05) is 0 Å². The van der Waals surface area contributed by atoms with Gasteiger partial charge in [-0.2, -0.15) is 5.10 Å². The van der Waals surface area contributed by atoms with Gasteiger partial charge in [0, 0.05) is 11.3 Å². The molecule has 4 aliphatic rings. The van der Waals surface area contributed by atoms with Crippen molar-refractivity contribution in [3.05, 3.63) is 11.3 Å². The highest BCUT2D eigenvalue weighted by atomic mass is 15.2. The van der Waals surface area contributed by atoms with E-state index in [1.165, 1.54) is 56.2 Å². The van der Waals surface area contributed by atoms with Gasteiger partial charge in [-0.25, -0.2) is 0 Å². The highest BCUT2D eigenvalue weighted by Gasteiger charge is 2.50. The van der Waals surface area contributed by atoms with E-state index < -0.39 is 0 Å². The average molecular weight is 245 g/mol. The smallest absolute Gasteiger partial charge is 0.148 e. The van der Waals surface area contributed by atoms with E-state index in [0.29, 0.717) is 5.41 Å². The minimum Gasteiger partial charge on any atom is -0.382 e. The summed E-state index contributed by atoms with van der Waals surface area (Å²) in [5, 5.41) is 7.21. The Kier molecular flexibility index (Phi) is 2.13. The van der Waals surface area contributed by atoms with Crippen molar-refractivity contribution >= 4 is 5.82 Å². The number of H-pyrrole nitrogens is 1.